The van der Waals surface area contributed by atoms with Crippen molar-refractivity contribution in [3.63, 3.8) is 0 Å². The maximum Gasteiger partial charge on any atom is 0.255 e. The zero-order chi connectivity index (χ0) is 16.9. The van der Waals surface area contributed by atoms with Crippen molar-refractivity contribution in [1.82, 2.24) is 10.2 Å². The highest BCUT2D eigenvalue weighted by Gasteiger charge is 2.18. The van der Waals surface area contributed by atoms with Crippen molar-refractivity contribution in [3.05, 3.63) is 22.7 Å². The van der Waals surface area contributed by atoms with E-state index in [4.69, 9.17) is 22.1 Å². The van der Waals surface area contributed by atoms with Crippen LogP contribution in [0.25, 0.3) is 0 Å². The molecule has 0 saturated heterocycles. The van der Waals surface area contributed by atoms with Gasteiger partial charge in [-0.3, -0.25) is 4.79 Å². The smallest absolute Gasteiger partial charge is 0.255 e. The zero-order valence-electron chi connectivity index (χ0n) is 14.8. The molecule has 0 heterocycles. The summed E-state index contributed by atoms with van der Waals surface area (Å²) in [4.78, 5) is 14.5. The van der Waals surface area contributed by atoms with Gasteiger partial charge in [0.05, 0.1) is 23.4 Å². The molecule has 1 aromatic carbocycles. The Kier molecular flexibility index (Phi) is 12.3. The molecular weight excluding hydrogens is 373 g/mol. The van der Waals surface area contributed by atoms with Crippen molar-refractivity contribution in [2.75, 3.05) is 33.5 Å². The second kappa shape index (κ2) is 11.6. The summed E-state index contributed by atoms with van der Waals surface area (Å²) in [6, 6.07) is 3.38. The third-order valence-electron chi connectivity index (χ3n) is 3.54. The van der Waals surface area contributed by atoms with E-state index >= 15 is 0 Å². The van der Waals surface area contributed by atoms with Gasteiger partial charge in [-0.05, 0) is 32.5 Å². The number of nitrogen functional groups attached to an aromatic ring is 1. The van der Waals surface area contributed by atoms with Crippen LogP contribution in [0.3, 0.4) is 0 Å². The molecule has 140 valence electrons. The third-order valence-corrected chi connectivity index (χ3v) is 3.86. The minimum atomic E-state index is -0.214. The van der Waals surface area contributed by atoms with Crippen molar-refractivity contribution in [2.45, 2.75) is 26.3 Å². The van der Waals surface area contributed by atoms with Gasteiger partial charge in [-0.1, -0.05) is 25.4 Å². The van der Waals surface area contributed by atoms with Gasteiger partial charge in [0, 0.05) is 18.7 Å². The fourth-order valence-electron chi connectivity index (χ4n) is 2.24. The average molecular weight is 401 g/mol. The molecule has 0 spiro atoms. The number of hydrogen-bond donors (Lipinski definition) is 2. The van der Waals surface area contributed by atoms with Gasteiger partial charge in [-0.25, -0.2) is 0 Å². The first-order valence-corrected chi connectivity index (χ1v) is 7.71. The molecule has 1 aromatic rings. The van der Waals surface area contributed by atoms with E-state index in [-0.39, 0.29) is 36.8 Å². The summed E-state index contributed by atoms with van der Waals surface area (Å²) in [6.07, 6.45) is 1.01. The summed E-state index contributed by atoms with van der Waals surface area (Å²) in [6.45, 7) is 4.90. The number of carbonyl (C=O) groups is 1. The van der Waals surface area contributed by atoms with Gasteiger partial charge in [0.1, 0.15) is 5.75 Å². The molecule has 1 atom stereocenters. The number of nitrogens with two attached hydrogens (primary N) is 1. The largest absolute Gasteiger partial charge is 0.496 e. The Morgan fingerprint density at radius 1 is 1.33 bits per heavy atom. The number of amides is 1. The Hall–Kier alpha value is -0.880. The molecule has 0 aliphatic rings. The van der Waals surface area contributed by atoms with Crippen LogP contribution in [0.4, 0.5) is 5.69 Å². The monoisotopic (exact) mass is 399 g/mol. The molecule has 0 saturated carbocycles. The minimum Gasteiger partial charge on any atom is -0.496 e. The van der Waals surface area contributed by atoms with Crippen molar-refractivity contribution >= 4 is 48.0 Å². The molecule has 0 bridgehead atoms. The summed E-state index contributed by atoms with van der Waals surface area (Å²) in [5.41, 5.74) is 6.51. The lowest BCUT2D eigenvalue weighted by atomic mass is 10.0. The highest BCUT2D eigenvalue weighted by atomic mass is 35.5. The second-order valence-corrected chi connectivity index (χ2v) is 6.44. The van der Waals surface area contributed by atoms with Crippen molar-refractivity contribution in [3.8, 4) is 5.75 Å². The molecule has 1 unspecified atom stereocenters. The number of ether oxygens (including phenoxy) is 1. The Bertz CT molecular complexity index is 526. The van der Waals surface area contributed by atoms with Crippen molar-refractivity contribution in [2.24, 2.45) is 5.92 Å². The number of halogens is 3. The summed E-state index contributed by atoms with van der Waals surface area (Å²) in [7, 11) is 5.53. The highest BCUT2D eigenvalue weighted by Crippen LogP contribution is 2.28. The second-order valence-electron chi connectivity index (χ2n) is 6.03. The van der Waals surface area contributed by atoms with Gasteiger partial charge in [0.15, 0.2) is 0 Å². The lowest BCUT2D eigenvalue weighted by Crippen LogP contribution is -2.41. The first-order valence-electron chi connectivity index (χ1n) is 7.33. The average Bonchev–Trinajstić information content (AvgIpc) is 2.44. The maximum absolute atomic E-state index is 12.4. The normalized spacial score (nSPS) is 11.5. The minimum absolute atomic E-state index is 0. The topological polar surface area (TPSA) is 67.6 Å². The summed E-state index contributed by atoms with van der Waals surface area (Å²) in [5.74, 6) is 0.767. The summed E-state index contributed by atoms with van der Waals surface area (Å²) >= 11 is 6.00. The lowest BCUT2D eigenvalue weighted by molar-refractivity contribution is 0.0935. The number of benzene rings is 1. The van der Waals surface area contributed by atoms with Gasteiger partial charge in [0.25, 0.3) is 5.91 Å². The first-order chi connectivity index (χ1) is 10.3. The van der Waals surface area contributed by atoms with Crippen LogP contribution in [0.5, 0.6) is 5.75 Å². The van der Waals surface area contributed by atoms with Gasteiger partial charge in [0.2, 0.25) is 0 Å². The van der Waals surface area contributed by atoms with E-state index < -0.39 is 0 Å². The molecule has 0 radical (unpaired) electrons. The molecule has 0 aromatic heterocycles. The standard InChI is InChI=1S/C16H26ClN3O2.2ClH/c1-10(2)6-11(20(3)4)9-19-16(21)12-7-13(17)14(18)8-15(12)22-5;;/h7-8,10-11H,6,9,18H2,1-5H3,(H,19,21);2*1H. The number of hydrogen-bond acceptors (Lipinski definition) is 4. The Labute approximate surface area is 162 Å². The van der Waals surface area contributed by atoms with Crippen LogP contribution in [0.1, 0.15) is 30.6 Å². The van der Waals surface area contributed by atoms with Crippen LogP contribution in [-0.4, -0.2) is 44.6 Å². The molecule has 24 heavy (non-hydrogen) atoms. The number of carbonyl (C=O) groups excluding carboxylic acids is 1. The number of likely N-dealkylation sites (N-methyl/N-ethyl adjacent to an activating group) is 1. The Balaban J connectivity index is 0. The van der Waals surface area contributed by atoms with E-state index in [1.165, 1.54) is 13.2 Å². The predicted octanol–water partition coefficient (Wildman–Crippen LogP) is 3.48. The van der Waals surface area contributed by atoms with E-state index in [1.807, 2.05) is 14.1 Å². The van der Waals surface area contributed by atoms with E-state index in [0.717, 1.165) is 6.42 Å². The van der Waals surface area contributed by atoms with Crippen LogP contribution in [-0.2, 0) is 0 Å². The van der Waals surface area contributed by atoms with E-state index in [1.54, 1.807) is 6.07 Å². The number of nitrogens with one attached hydrogen (secondary N) is 1. The van der Waals surface area contributed by atoms with Crippen molar-refractivity contribution in [1.29, 1.82) is 0 Å². The molecule has 8 heteroatoms. The quantitative estimate of drug-likeness (QED) is 0.688. The summed E-state index contributed by atoms with van der Waals surface area (Å²) < 4.78 is 5.21. The Morgan fingerprint density at radius 3 is 2.38 bits per heavy atom. The maximum atomic E-state index is 12.4. The van der Waals surface area contributed by atoms with Crippen molar-refractivity contribution < 1.29 is 9.53 Å². The molecule has 5 nitrogen and oxygen atoms in total. The van der Waals surface area contributed by atoms with Crippen LogP contribution in [0, 0.1) is 5.92 Å². The highest BCUT2D eigenvalue weighted by molar-refractivity contribution is 6.33. The number of methoxy groups -OCH3 is 1. The third kappa shape index (κ3) is 7.34. The van der Waals surface area contributed by atoms with E-state index in [9.17, 15) is 4.79 Å². The van der Waals surface area contributed by atoms with Gasteiger partial charge in [-0.2, -0.15) is 0 Å². The molecular formula is C16H28Cl3N3O2. The summed E-state index contributed by atoms with van der Waals surface area (Å²) in [5, 5.41) is 3.29. The lowest BCUT2D eigenvalue weighted by Gasteiger charge is -2.26. The zero-order valence-corrected chi connectivity index (χ0v) is 17.1. The molecule has 1 rings (SSSR count). The molecule has 3 N–H and O–H groups in total. The fourth-order valence-corrected chi connectivity index (χ4v) is 2.41. The van der Waals surface area contributed by atoms with Gasteiger partial charge in [-0.15, -0.1) is 24.8 Å². The fraction of sp³-hybridized carbons (Fsp3) is 0.562. The molecule has 1 amide bonds. The number of rotatable bonds is 7. The van der Waals surface area contributed by atoms with Crippen LogP contribution in [0.2, 0.25) is 5.02 Å². The van der Waals surface area contributed by atoms with E-state index in [0.29, 0.717) is 34.5 Å². The number of anilines is 1. The van der Waals surface area contributed by atoms with Gasteiger partial charge >= 0.3 is 0 Å². The predicted molar refractivity (Wildman–Crippen MR) is 106 cm³/mol. The molecule has 0 fully saturated rings. The first kappa shape index (κ1) is 25.4. The van der Waals surface area contributed by atoms with Crippen LogP contribution in [0.15, 0.2) is 12.1 Å². The van der Waals surface area contributed by atoms with Gasteiger partial charge < -0.3 is 20.7 Å². The molecule has 0 aliphatic carbocycles. The Morgan fingerprint density at radius 2 is 1.92 bits per heavy atom. The van der Waals surface area contributed by atoms with Crippen LogP contribution < -0.4 is 15.8 Å². The van der Waals surface area contributed by atoms with Crippen LogP contribution >= 0.6 is 36.4 Å². The van der Waals surface area contributed by atoms with E-state index in [2.05, 4.69) is 24.1 Å². The number of nitrogens with zero attached hydrogens (tertiary/aromatic N) is 1. The molecule has 0 aliphatic heterocycles. The SMILES string of the molecule is COc1cc(N)c(Cl)cc1C(=O)NCC(CC(C)C)N(C)C.Cl.Cl.